The number of nitrogens with zero attached hydrogens (tertiary/aromatic N) is 1. The summed E-state index contributed by atoms with van der Waals surface area (Å²) in [5, 5.41) is 15.0. The Morgan fingerprint density at radius 2 is 2.30 bits per heavy atom. The van der Waals surface area contributed by atoms with E-state index in [1.54, 1.807) is 0 Å². The first-order chi connectivity index (χ1) is 9.79. The molecule has 1 aromatic heterocycles. The second-order valence-corrected chi connectivity index (χ2v) is 4.04. The van der Waals surface area contributed by atoms with E-state index in [1.807, 2.05) is 24.3 Å². The van der Waals surface area contributed by atoms with Crippen LogP contribution in [0.1, 0.15) is 28.0 Å². The largest absolute Gasteiger partial charge is 0.395 e. The summed E-state index contributed by atoms with van der Waals surface area (Å²) in [5.41, 5.74) is 2.05. The first-order valence-electron chi connectivity index (χ1n) is 6.17. The number of nitrogens with one attached hydrogen (secondary N) is 1. The van der Waals surface area contributed by atoms with E-state index in [1.165, 1.54) is 12.3 Å². The molecule has 5 heteroatoms. The van der Waals surface area contributed by atoms with E-state index in [-0.39, 0.29) is 18.2 Å². The van der Waals surface area contributed by atoms with Crippen LogP contribution < -0.4 is 5.32 Å². The van der Waals surface area contributed by atoms with Crippen molar-refractivity contribution in [1.29, 1.82) is 0 Å². The predicted octanol–water partition coefficient (Wildman–Crippen LogP) is 1.34. The van der Waals surface area contributed by atoms with Gasteiger partial charge in [0.15, 0.2) is 5.69 Å². The molecule has 5 nitrogen and oxygen atoms in total. The van der Waals surface area contributed by atoms with Gasteiger partial charge < -0.3 is 14.9 Å². The van der Waals surface area contributed by atoms with E-state index in [0.717, 1.165) is 11.1 Å². The summed E-state index contributed by atoms with van der Waals surface area (Å²) in [4.78, 5) is 11.7. The number of hydrogen-bond donors (Lipinski definition) is 2. The van der Waals surface area contributed by atoms with E-state index in [2.05, 4.69) is 26.8 Å². The highest BCUT2D eigenvalue weighted by atomic mass is 16.5. The summed E-state index contributed by atoms with van der Waals surface area (Å²) in [6, 6.07) is 9.06. The molecule has 0 fully saturated rings. The molecule has 0 atom stereocenters. The molecular formula is C15H14N2O3. The van der Waals surface area contributed by atoms with Gasteiger partial charge in [0, 0.05) is 24.6 Å². The van der Waals surface area contributed by atoms with Crippen molar-refractivity contribution in [3.8, 4) is 11.8 Å². The van der Waals surface area contributed by atoms with Gasteiger partial charge >= 0.3 is 0 Å². The third-order valence-corrected chi connectivity index (χ3v) is 2.52. The van der Waals surface area contributed by atoms with E-state index in [0.29, 0.717) is 13.0 Å². The zero-order chi connectivity index (χ0) is 14.2. The fourth-order valence-corrected chi connectivity index (χ4v) is 1.58. The number of benzene rings is 1. The van der Waals surface area contributed by atoms with Crippen LogP contribution in [0.15, 0.2) is 41.1 Å². The van der Waals surface area contributed by atoms with Crippen molar-refractivity contribution < 1.29 is 14.4 Å². The van der Waals surface area contributed by atoms with E-state index >= 15 is 0 Å². The lowest BCUT2D eigenvalue weighted by Gasteiger charge is -2.03. The van der Waals surface area contributed by atoms with E-state index in [9.17, 15) is 4.79 Å². The van der Waals surface area contributed by atoms with Crippen molar-refractivity contribution in [3.05, 3.63) is 53.4 Å². The SMILES string of the molecule is O=C(NCc1cccc(C#CCCO)c1)c1ccon1. The van der Waals surface area contributed by atoms with Gasteiger partial charge in [0.1, 0.15) is 6.26 Å². The Morgan fingerprint density at radius 3 is 3.05 bits per heavy atom. The van der Waals surface area contributed by atoms with Crippen LogP contribution in [0.3, 0.4) is 0 Å². The van der Waals surface area contributed by atoms with Crippen LogP contribution in [0, 0.1) is 11.8 Å². The molecule has 2 N–H and O–H groups in total. The molecule has 20 heavy (non-hydrogen) atoms. The molecule has 0 aliphatic rings. The summed E-state index contributed by atoms with van der Waals surface area (Å²) < 4.78 is 4.61. The van der Waals surface area contributed by atoms with Crippen molar-refractivity contribution in [3.63, 3.8) is 0 Å². The molecule has 102 valence electrons. The second kappa shape index (κ2) is 7.12. The van der Waals surface area contributed by atoms with Crippen molar-refractivity contribution in [1.82, 2.24) is 10.5 Å². The minimum atomic E-state index is -0.282. The predicted molar refractivity (Wildman–Crippen MR) is 72.7 cm³/mol. The number of carbonyl (C=O) groups excluding carboxylic acids is 1. The van der Waals surface area contributed by atoms with Gasteiger partial charge in [-0.3, -0.25) is 4.79 Å². The van der Waals surface area contributed by atoms with Crippen LogP contribution in [-0.2, 0) is 6.54 Å². The highest BCUT2D eigenvalue weighted by Crippen LogP contribution is 2.04. The molecule has 0 spiro atoms. The van der Waals surface area contributed by atoms with Gasteiger partial charge in [-0.15, -0.1) is 0 Å². The molecule has 0 saturated carbocycles. The number of aliphatic hydroxyl groups excluding tert-OH is 1. The Morgan fingerprint density at radius 1 is 1.40 bits per heavy atom. The molecule has 0 bridgehead atoms. The minimum absolute atomic E-state index is 0.0560. The quantitative estimate of drug-likeness (QED) is 0.822. The fourth-order valence-electron chi connectivity index (χ4n) is 1.58. The maximum Gasteiger partial charge on any atom is 0.273 e. The zero-order valence-corrected chi connectivity index (χ0v) is 10.8. The van der Waals surface area contributed by atoms with Gasteiger partial charge in [-0.25, -0.2) is 0 Å². The van der Waals surface area contributed by atoms with Gasteiger partial charge in [0.2, 0.25) is 0 Å². The number of amides is 1. The highest BCUT2D eigenvalue weighted by molar-refractivity contribution is 5.91. The summed E-state index contributed by atoms with van der Waals surface area (Å²) in [7, 11) is 0. The minimum Gasteiger partial charge on any atom is -0.395 e. The van der Waals surface area contributed by atoms with E-state index in [4.69, 9.17) is 5.11 Å². The lowest BCUT2D eigenvalue weighted by atomic mass is 10.1. The van der Waals surface area contributed by atoms with Crippen LogP contribution in [0.25, 0.3) is 0 Å². The van der Waals surface area contributed by atoms with Crippen LogP contribution in [0.4, 0.5) is 0 Å². The van der Waals surface area contributed by atoms with Gasteiger partial charge in [-0.2, -0.15) is 0 Å². The first-order valence-corrected chi connectivity index (χ1v) is 6.17. The maximum atomic E-state index is 11.7. The normalized spacial score (nSPS) is 9.65. The summed E-state index contributed by atoms with van der Waals surface area (Å²) in [6.07, 6.45) is 1.80. The fraction of sp³-hybridized carbons (Fsp3) is 0.200. The number of aromatic nitrogens is 1. The van der Waals surface area contributed by atoms with E-state index < -0.39 is 0 Å². The van der Waals surface area contributed by atoms with Crippen LogP contribution in [-0.4, -0.2) is 22.8 Å². The topological polar surface area (TPSA) is 75.4 Å². The Bertz CT molecular complexity index is 624. The van der Waals surface area contributed by atoms with Gasteiger partial charge in [-0.05, 0) is 17.7 Å². The van der Waals surface area contributed by atoms with Gasteiger partial charge in [0.25, 0.3) is 5.91 Å². The summed E-state index contributed by atoms with van der Waals surface area (Å²) in [5.74, 6) is 5.53. The third-order valence-electron chi connectivity index (χ3n) is 2.52. The highest BCUT2D eigenvalue weighted by Gasteiger charge is 2.07. The lowest BCUT2D eigenvalue weighted by molar-refractivity contribution is 0.0942. The molecule has 0 saturated heterocycles. The Balaban J connectivity index is 1.95. The number of carbonyl (C=O) groups is 1. The van der Waals surface area contributed by atoms with Gasteiger partial charge in [-0.1, -0.05) is 29.1 Å². The molecule has 0 radical (unpaired) electrons. The molecule has 2 rings (SSSR count). The molecule has 0 aliphatic heterocycles. The van der Waals surface area contributed by atoms with Crippen molar-refractivity contribution in [2.24, 2.45) is 0 Å². The van der Waals surface area contributed by atoms with Gasteiger partial charge in [0.05, 0.1) is 6.61 Å². The molecule has 1 heterocycles. The molecular weight excluding hydrogens is 256 g/mol. The second-order valence-electron chi connectivity index (χ2n) is 4.04. The smallest absolute Gasteiger partial charge is 0.273 e. The summed E-state index contributed by atoms with van der Waals surface area (Å²) >= 11 is 0. The average Bonchev–Trinajstić information content (AvgIpc) is 3.00. The Hall–Kier alpha value is -2.58. The van der Waals surface area contributed by atoms with Crippen molar-refractivity contribution in [2.75, 3.05) is 6.61 Å². The number of aliphatic hydroxyl groups is 1. The van der Waals surface area contributed by atoms with Crippen LogP contribution in [0.5, 0.6) is 0 Å². The third kappa shape index (κ3) is 3.97. The molecule has 1 aromatic carbocycles. The van der Waals surface area contributed by atoms with Crippen LogP contribution in [0.2, 0.25) is 0 Å². The first kappa shape index (κ1) is 13.8. The lowest BCUT2D eigenvalue weighted by Crippen LogP contribution is -2.23. The molecule has 1 amide bonds. The maximum absolute atomic E-state index is 11.7. The average molecular weight is 270 g/mol. The number of rotatable bonds is 4. The number of hydrogen-bond acceptors (Lipinski definition) is 4. The molecule has 0 unspecified atom stereocenters. The monoisotopic (exact) mass is 270 g/mol. The Kier molecular flexibility index (Phi) is 4.93. The summed E-state index contributed by atoms with van der Waals surface area (Å²) in [6.45, 7) is 0.446. The van der Waals surface area contributed by atoms with Crippen LogP contribution >= 0.6 is 0 Å². The zero-order valence-electron chi connectivity index (χ0n) is 10.8. The standard InChI is InChI=1S/C15H14N2O3/c18-8-2-1-4-12-5-3-6-13(10-12)11-16-15(19)14-7-9-20-17-14/h3,5-7,9-10,18H,2,8,11H2,(H,16,19). The molecule has 0 aliphatic carbocycles. The molecule has 2 aromatic rings. The Labute approximate surface area is 116 Å². The van der Waals surface area contributed by atoms with Crippen molar-refractivity contribution in [2.45, 2.75) is 13.0 Å². The van der Waals surface area contributed by atoms with Crippen molar-refractivity contribution >= 4 is 5.91 Å².